The number of allylic oxidation sites excluding steroid dienone is 2. The fourth-order valence-electron chi connectivity index (χ4n) is 5.16. The zero-order valence-electron chi connectivity index (χ0n) is 15.5. The molecule has 27 heavy (non-hydrogen) atoms. The minimum Gasteiger partial charge on any atom is -0.294 e. The number of benzene rings is 1. The maximum atomic E-state index is 13.8. The van der Waals surface area contributed by atoms with Crippen LogP contribution in [0.15, 0.2) is 34.7 Å². The molecule has 5 nitrogen and oxygen atoms in total. The van der Waals surface area contributed by atoms with Crippen molar-refractivity contribution in [3.63, 3.8) is 0 Å². The molecule has 0 amide bonds. The molecule has 0 saturated carbocycles. The summed E-state index contributed by atoms with van der Waals surface area (Å²) < 4.78 is 37.5. The van der Waals surface area contributed by atoms with Crippen molar-refractivity contribution in [3.8, 4) is 0 Å². The van der Waals surface area contributed by atoms with Gasteiger partial charge >= 0.3 is 0 Å². The molecule has 144 valence electrons. The van der Waals surface area contributed by atoms with Gasteiger partial charge < -0.3 is 0 Å². The Hall–Kier alpha value is -1.60. The van der Waals surface area contributed by atoms with Gasteiger partial charge in [-0.15, -0.1) is 0 Å². The van der Waals surface area contributed by atoms with Crippen LogP contribution in [0.3, 0.4) is 0 Å². The van der Waals surface area contributed by atoms with Crippen LogP contribution in [0.25, 0.3) is 0 Å². The third-order valence-electron chi connectivity index (χ3n) is 6.16. The maximum Gasteiger partial charge on any atom is 0.183 e. The predicted molar refractivity (Wildman–Crippen MR) is 104 cm³/mol. The Balaban J connectivity index is 2.08. The van der Waals surface area contributed by atoms with E-state index in [0.29, 0.717) is 11.1 Å². The third-order valence-corrected chi connectivity index (χ3v) is 10.5. The Kier molecular flexibility index (Phi) is 4.13. The molecule has 1 aliphatic heterocycles. The van der Waals surface area contributed by atoms with Crippen molar-refractivity contribution in [1.82, 2.24) is 0 Å². The highest BCUT2D eigenvalue weighted by Crippen LogP contribution is 2.56. The van der Waals surface area contributed by atoms with Gasteiger partial charge in [-0.2, -0.15) is 0 Å². The minimum atomic E-state index is -3.48. The number of sulfone groups is 1. The van der Waals surface area contributed by atoms with E-state index in [1.807, 2.05) is 0 Å². The van der Waals surface area contributed by atoms with Gasteiger partial charge in [-0.3, -0.25) is 13.8 Å². The molecular weight excluding hydrogens is 384 g/mol. The largest absolute Gasteiger partial charge is 0.294 e. The van der Waals surface area contributed by atoms with Crippen LogP contribution in [-0.4, -0.2) is 39.9 Å². The highest BCUT2D eigenvalue weighted by Gasteiger charge is 2.67. The summed E-state index contributed by atoms with van der Waals surface area (Å²) in [4.78, 5) is 27.4. The average Bonchev–Trinajstić information content (AvgIpc) is 2.95. The molecule has 0 aromatic heterocycles. The van der Waals surface area contributed by atoms with Crippen LogP contribution >= 0.6 is 0 Å². The second kappa shape index (κ2) is 5.95. The number of carbonyl (C=O) groups excluding carboxylic acids is 2. The predicted octanol–water partition coefficient (Wildman–Crippen LogP) is 2.69. The van der Waals surface area contributed by atoms with E-state index in [0.717, 1.165) is 0 Å². The van der Waals surface area contributed by atoms with Crippen LogP contribution in [0, 0.1) is 11.8 Å². The maximum absolute atomic E-state index is 13.8. The van der Waals surface area contributed by atoms with Crippen molar-refractivity contribution >= 4 is 32.2 Å². The van der Waals surface area contributed by atoms with Gasteiger partial charge in [0.2, 0.25) is 0 Å². The van der Waals surface area contributed by atoms with E-state index in [1.54, 1.807) is 45.0 Å². The molecule has 0 radical (unpaired) electrons. The molecule has 1 fully saturated rings. The van der Waals surface area contributed by atoms with Crippen LogP contribution in [0.5, 0.6) is 0 Å². The van der Waals surface area contributed by atoms with Crippen molar-refractivity contribution in [1.29, 1.82) is 0 Å². The number of carbonyl (C=O) groups is 2. The summed E-state index contributed by atoms with van der Waals surface area (Å²) in [5.74, 6) is -2.04. The van der Waals surface area contributed by atoms with E-state index < -0.39 is 37.2 Å². The van der Waals surface area contributed by atoms with Gasteiger partial charge in [0.05, 0.1) is 11.7 Å². The molecule has 0 N–H and O–H groups in total. The quantitative estimate of drug-likeness (QED) is 0.754. The third kappa shape index (κ3) is 2.27. The first-order valence-corrected chi connectivity index (χ1v) is 12.0. The summed E-state index contributed by atoms with van der Waals surface area (Å²) in [6.45, 7) is 5.24. The van der Waals surface area contributed by atoms with Crippen LogP contribution < -0.4 is 0 Å². The number of ketones is 2. The molecular formula is C20H22O5S2. The van der Waals surface area contributed by atoms with Crippen LogP contribution in [0.2, 0.25) is 0 Å². The summed E-state index contributed by atoms with van der Waals surface area (Å²) in [5, 5.41) is -0.363. The molecule has 0 unspecified atom stereocenters. The Morgan fingerprint density at radius 2 is 1.74 bits per heavy atom. The number of fused-ring (bicyclic) bond motifs is 4. The molecule has 4 atom stereocenters. The molecule has 1 aromatic carbocycles. The molecule has 0 spiro atoms. The minimum absolute atomic E-state index is 0.0583. The van der Waals surface area contributed by atoms with Crippen molar-refractivity contribution < 1.29 is 22.2 Å². The lowest BCUT2D eigenvalue weighted by atomic mass is 9.62. The SMILES string of the molecule is CC1=C2[C@@H](CCS2(=O)=O)[C@]2([S@@](=O)C(C)C)C(=O)c3ccccc3C(=O)[C@@H]2C1. The van der Waals surface area contributed by atoms with Gasteiger partial charge in [0.1, 0.15) is 4.75 Å². The van der Waals surface area contributed by atoms with Crippen LogP contribution in [0.4, 0.5) is 0 Å². The topological polar surface area (TPSA) is 85.3 Å². The first-order valence-electron chi connectivity index (χ1n) is 9.15. The highest BCUT2D eigenvalue weighted by atomic mass is 32.2. The van der Waals surface area contributed by atoms with Gasteiger partial charge in [-0.25, -0.2) is 8.42 Å². The normalized spacial score (nSPS) is 32.9. The Morgan fingerprint density at radius 3 is 2.37 bits per heavy atom. The van der Waals surface area contributed by atoms with Gasteiger partial charge in [-0.1, -0.05) is 43.7 Å². The molecule has 7 heteroatoms. The number of hydrogen-bond donors (Lipinski definition) is 0. The standard InChI is InChI=1S/C20H22O5S2/c1-11(2)26(23)20-15-8-9-27(24,25)18(15)12(3)10-16(20)17(21)13-6-4-5-7-14(13)19(20)22/h4-7,11,15-16H,8-10H2,1-3H3/t15-,16+,20-,26+/m1/s1. The van der Waals surface area contributed by atoms with E-state index in [2.05, 4.69) is 0 Å². The van der Waals surface area contributed by atoms with E-state index in [9.17, 15) is 22.2 Å². The molecule has 0 bridgehead atoms. The van der Waals surface area contributed by atoms with Crippen LogP contribution in [-0.2, 0) is 20.6 Å². The second-order valence-electron chi connectivity index (χ2n) is 7.94. The summed E-state index contributed by atoms with van der Waals surface area (Å²) in [6.07, 6.45) is 0.410. The molecule has 1 aromatic rings. The lowest BCUT2D eigenvalue weighted by Gasteiger charge is -2.49. The number of hydrogen-bond acceptors (Lipinski definition) is 5. The Morgan fingerprint density at radius 1 is 1.11 bits per heavy atom. The Labute approximate surface area is 161 Å². The molecule has 2 aliphatic carbocycles. The van der Waals surface area contributed by atoms with Gasteiger partial charge in [0.25, 0.3) is 0 Å². The molecule has 1 saturated heterocycles. The number of Topliss-reactive ketones (excluding diaryl/α,β-unsaturated/α-hetero) is 2. The highest BCUT2D eigenvalue weighted by molar-refractivity contribution is 7.95. The van der Waals surface area contributed by atoms with Crippen molar-refractivity contribution in [2.75, 3.05) is 5.75 Å². The summed E-state index contributed by atoms with van der Waals surface area (Å²) in [6, 6.07) is 6.64. The van der Waals surface area contributed by atoms with Crippen molar-refractivity contribution in [3.05, 3.63) is 45.9 Å². The smallest absolute Gasteiger partial charge is 0.183 e. The van der Waals surface area contributed by atoms with E-state index in [-0.39, 0.29) is 45.9 Å². The second-order valence-corrected chi connectivity index (χ2v) is 12.2. The first kappa shape index (κ1) is 18.7. The fraction of sp³-hybridized carbons (Fsp3) is 0.500. The number of rotatable bonds is 2. The molecule has 4 rings (SSSR count). The first-order chi connectivity index (χ1) is 12.6. The molecule has 1 heterocycles. The lowest BCUT2D eigenvalue weighted by molar-refractivity contribution is 0.0713. The van der Waals surface area contributed by atoms with Gasteiger partial charge in [0.15, 0.2) is 21.4 Å². The Bertz CT molecular complexity index is 1030. The zero-order valence-corrected chi connectivity index (χ0v) is 17.2. The van der Waals surface area contributed by atoms with Crippen LogP contribution in [0.1, 0.15) is 54.3 Å². The van der Waals surface area contributed by atoms with E-state index in [1.165, 1.54) is 0 Å². The van der Waals surface area contributed by atoms with Gasteiger partial charge in [0, 0.05) is 38.0 Å². The zero-order chi connectivity index (χ0) is 19.7. The van der Waals surface area contributed by atoms with Crippen molar-refractivity contribution in [2.24, 2.45) is 11.8 Å². The van der Waals surface area contributed by atoms with E-state index in [4.69, 9.17) is 0 Å². The lowest BCUT2D eigenvalue weighted by Crippen LogP contribution is -2.63. The summed E-state index contributed by atoms with van der Waals surface area (Å²) in [5.41, 5.74) is 1.27. The average molecular weight is 407 g/mol. The van der Waals surface area contributed by atoms with Crippen molar-refractivity contribution in [2.45, 2.75) is 43.6 Å². The fourth-order valence-corrected chi connectivity index (χ4v) is 9.42. The van der Waals surface area contributed by atoms with E-state index >= 15 is 0 Å². The summed E-state index contributed by atoms with van der Waals surface area (Å²) >= 11 is 0. The summed E-state index contributed by atoms with van der Waals surface area (Å²) in [7, 11) is -5.16. The molecule has 3 aliphatic rings. The van der Waals surface area contributed by atoms with Gasteiger partial charge in [-0.05, 0) is 19.8 Å². The monoisotopic (exact) mass is 406 g/mol.